The number of carbonyl (C=O) groups is 3. The highest BCUT2D eigenvalue weighted by molar-refractivity contribution is 5.93. The van der Waals surface area contributed by atoms with Crippen LogP contribution < -0.4 is 5.73 Å². The lowest BCUT2D eigenvalue weighted by Gasteiger charge is -2.56. The zero-order valence-corrected chi connectivity index (χ0v) is 18.8. The second kappa shape index (κ2) is 10.9. The van der Waals surface area contributed by atoms with E-state index in [0.29, 0.717) is 4.90 Å². The fraction of sp³-hybridized carbons (Fsp3) is 0.842. The third-order valence-electron chi connectivity index (χ3n) is 6.02. The summed E-state index contributed by atoms with van der Waals surface area (Å²) in [5.41, 5.74) is 5.97. The van der Waals surface area contributed by atoms with Crippen molar-refractivity contribution in [2.45, 2.75) is 87.5 Å². The highest BCUT2D eigenvalue weighted by atomic mass is 16.7. The molecule has 2 rings (SSSR count). The van der Waals surface area contributed by atoms with Crippen LogP contribution in [0.25, 0.3) is 0 Å². The molecule has 11 atom stereocenters. The zero-order valence-electron chi connectivity index (χ0n) is 18.8. The second-order valence-corrected chi connectivity index (χ2v) is 8.35. The topological polar surface area (TPSA) is 250 Å². The molecule has 0 saturated carbocycles. The number of hydrogen-bond acceptors (Lipinski definition) is 13. The molecule has 15 heteroatoms. The van der Waals surface area contributed by atoms with Crippen LogP contribution in [0.3, 0.4) is 0 Å². The quantitative estimate of drug-likeness (QED) is 0.164. The Labute approximate surface area is 194 Å². The summed E-state index contributed by atoms with van der Waals surface area (Å²) >= 11 is 0. The minimum atomic E-state index is -2.92. The summed E-state index contributed by atoms with van der Waals surface area (Å²) in [6.07, 6.45) is -13.8. The van der Waals surface area contributed by atoms with Crippen LogP contribution in [-0.2, 0) is 28.6 Å². The molecule has 196 valence electrons. The molecule has 2 amide bonds. The second-order valence-electron chi connectivity index (χ2n) is 8.35. The monoisotopic (exact) mass is 496 g/mol. The van der Waals surface area contributed by atoms with Gasteiger partial charge in [0.15, 0.2) is 6.10 Å². The lowest BCUT2D eigenvalue weighted by Crippen LogP contribution is -2.80. The average molecular weight is 496 g/mol. The number of nitrogens with zero attached hydrogens (tertiary/aromatic N) is 1. The summed E-state index contributed by atoms with van der Waals surface area (Å²) in [6.45, 7) is 1.20. The van der Waals surface area contributed by atoms with Gasteiger partial charge in [0.2, 0.25) is 17.6 Å². The molecule has 2 saturated heterocycles. The number of aliphatic hydroxyl groups is 6. The van der Waals surface area contributed by atoms with E-state index in [4.69, 9.17) is 19.9 Å². The van der Waals surface area contributed by atoms with E-state index >= 15 is 0 Å². The van der Waals surface area contributed by atoms with E-state index in [2.05, 4.69) is 0 Å². The van der Waals surface area contributed by atoms with Crippen molar-refractivity contribution in [1.82, 2.24) is 4.90 Å². The number of imide groups is 1. The van der Waals surface area contributed by atoms with Gasteiger partial charge in [-0.1, -0.05) is 0 Å². The first-order valence-electron chi connectivity index (χ1n) is 10.5. The van der Waals surface area contributed by atoms with E-state index in [9.17, 15) is 50.1 Å². The van der Waals surface area contributed by atoms with Crippen molar-refractivity contribution in [3.8, 4) is 0 Å². The van der Waals surface area contributed by atoms with E-state index in [1.54, 1.807) is 0 Å². The number of amides is 2. The lowest BCUT2D eigenvalue weighted by molar-refractivity contribution is -0.385. The normalized spacial score (nSPS) is 41.5. The number of carbonyl (C=O) groups excluding carboxylic acids is 2. The van der Waals surface area contributed by atoms with Crippen molar-refractivity contribution < 1.29 is 64.3 Å². The SMILES string of the molecule is CC(=O)N(C(C)=O)[C@@H]1[C@@H](O[C@H](C)C(=O)O)[C@H](O)[C@@H](CO)OC1(O)C1O[C@H](CO)[C@@H](O)[C@H](O)[C@H]1N. The Bertz CT molecular complexity index is 752. The Morgan fingerprint density at radius 1 is 1.03 bits per heavy atom. The Morgan fingerprint density at radius 2 is 1.56 bits per heavy atom. The van der Waals surface area contributed by atoms with Crippen molar-refractivity contribution in [2.75, 3.05) is 13.2 Å². The Kier molecular flexibility index (Phi) is 9.09. The molecule has 2 aliphatic rings. The number of aliphatic carboxylic acids is 1. The van der Waals surface area contributed by atoms with Crippen LogP contribution in [0.4, 0.5) is 0 Å². The number of hydrogen-bond donors (Lipinski definition) is 8. The molecular formula is C19H32N2O13. The Morgan fingerprint density at radius 3 is 2.00 bits per heavy atom. The molecule has 9 N–H and O–H groups in total. The van der Waals surface area contributed by atoms with Crippen LogP contribution in [-0.4, -0.2) is 138 Å². The van der Waals surface area contributed by atoms with Gasteiger partial charge in [-0.3, -0.25) is 14.5 Å². The van der Waals surface area contributed by atoms with Crippen LogP contribution in [0, 0.1) is 0 Å². The molecule has 0 aromatic rings. The van der Waals surface area contributed by atoms with E-state index in [-0.39, 0.29) is 0 Å². The van der Waals surface area contributed by atoms with Crippen LogP contribution in [0.1, 0.15) is 20.8 Å². The summed E-state index contributed by atoms with van der Waals surface area (Å²) in [5, 5.41) is 71.6. The summed E-state index contributed by atoms with van der Waals surface area (Å²) < 4.78 is 16.4. The minimum absolute atomic E-state index is 0.442. The number of rotatable bonds is 7. The van der Waals surface area contributed by atoms with Crippen molar-refractivity contribution in [2.24, 2.45) is 5.73 Å². The van der Waals surface area contributed by atoms with E-state index < -0.39 is 97.7 Å². The number of carboxylic acids is 1. The van der Waals surface area contributed by atoms with Gasteiger partial charge in [0.1, 0.15) is 48.8 Å². The van der Waals surface area contributed by atoms with Gasteiger partial charge < -0.3 is 55.7 Å². The van der Waals surface area contributed by atoms with Gasteiger partial charge in [-0.15, -0.1) is 0 Å². The smallest absolute Gasteiger partial charge is 0.332 e. The zero-order chi connectivity index (χ0) is 26.1. The molecule has 15 nitrogen and oxygen atoms in total. The maximum atomic E-state index is 12.4. The third kappa shape index (κ3) is 5.08. The predicted octanol–water partition coefficient (Wildman–Crippen LogP) is -5.14. The molecule has 34 heavy (non-hydrogen) atoms. The largest absolute Gasteiger partial charge is 0.479 e. The summed E-state index contributed by atoms with van der Waals surface area (Å²) in [6, 6.07) is -3.64. The molecule has 0 aromatic carbocycles. The molecule has 2 fully saturated rings. The number of ether oxygens (including phenoxy) is 3. The van der Waals surface area contributed by atoms with Crippen molar-refractivity contribution in [3.63, 3.8) is 0 Å². The average Bonchev–Trinajstić information content (AvgIpc) is 2.76. The lowest BCUT2D eigenvalue weighted by atomic mass is 9.80. The molecule has 0 bridgehead atoms. The van der Waals surface area contributed by atoms with Crippen molar-refractivity contribution >= 4 is 17.8 Å². The molecule has 2 aliphatic heterocycles. The predicted molar refractivity (Wildman–Crippen MR) is 108 cm³/mol. The first kappa shape index (κ1) is 28.4. The Hall–Kier alpha value is -1.79. The number of nitrogens with two attached hydrogens (primary N) is 1. The van der Waals surface area contributed by atoms with Gasteiger partial charge >= 0.3 is 5.97 Å². The van der Waals surface area contributed by atoms with Gasteiger partial charge in [-0.05, 0) is 6.92 Å². The summed E-state index contributed by atoms with van der Waals surface area (Å²) in [4.78, 5) is 36.7. The van der Waals surface area contributed by atoms with E-state index in [1.807, 2.05) is 0 Å². The highest BCUT2D eigenvalue weighted by Gasteiger charge is 2.65. The van der Waals surface area contributed by atoms with Crippen molar-refractivity contribution in [3.05, 3.63) is 0 Å². The fourth-order valence-corrected chi connectivity index (χ4v) is 4.30. The number of aliphatic hydroxyl groups excluding tert-OH is 5. The van der Waals surface area contributed by atoms with Crippen LogP contribution >= 0.6 is 0 Å². The standard InChI is InChI=1S/C19H32N2O13/c1-6(18(29)30)32-15-13(27)10(5-23)34-19(31,16(15)21(7(2)24)8(3)25)17-11(20)14(28)12(26)9(4-22)33-17/h6,9-17,22-23,26-28,31H,4-5,20H2,1-3H3,(H,29,30)/t6-,9-,10-,11-,12-,13-,14-,15+,16-,17?,19?/m1/s1. The molecule has 0 radical (unpaired) electrons. The van der Waals surface area contributed by atoms with Gasteiger partial charge in [0.05, 0.1) is 19.3 Å². The molecule has 0 spiro atoms. The number of carboxylic acid groups (broad SMARTS) is 1. The minimum Gasteiger partial charge on any atom is -0.479 e. The molecular weight excluding hydrogens is 464 g/mol. The molecule has 2 unspecified atom stereocenters. The molecule has 0 aromatic heterocycles. The van der Waals surface area contributed by atoms with Crippen LogP contribution in [0.5, 0.6) is 0 Å². The van der Waals surface area contributed by atoms with Crippen LogP contribution in [0.15, 0.2) is 0 Å². The highest BCUT2D eigenvalue weighted by Crippen LogP contribution is 2.40. The first-order valence-corrected chi connectivity index (χ1v) is 10.5. The van der Waals surface area contributed by atoms with Crippen LogP contribution in [0.2, 0.25) is 0 Å². The summed E-state index contributed by atoms with van der Waals surface area (Å²) in [7, 11) is 0. The fourth-order valence-electron chi connectivity index (χ4n) is 4.30. The third-order valence-corrected chi connectivity index (χ3v) is 6.02. The maximum Gasteiger partial charge on any atom is 0.332 e. The van der Waals surface area contributed by atoms with Gasteiger partial charge in [0, 0.05) is 13.8 Å². The first-order chi connectivity index (χ1) is 15.7. The Balaban J connectivity index is 2.72. The van der Waals surface area contributed by atoms with Gasteiger partial charge in [0.25, 0.3) is 0 Å². The van der Waals surface area contributed by atoms with E-state index in [1.165, 1.54) is 0 Å². The van der Waals surface area contributed by atoms with E-state index in [0.717, 1.165) is 20.8 Å². The maximum absolute atomic E-state index is 12.4. The molecule has 0 aliphatic carbocycles. The van der Waals surface area contributed by atoms with Gasteiger partial charge in [-0.25, -0.2) is 4.79 Å². The molecule has 2 heterocycles. The van der Waals surface area contributed by atoms with Gasteiger partial charge in [-0.2, -0.15) is 0 Å². The summed E-state index contributed by atoms with van der Waals surface area (Å²) in [5.74, 6) is -6.33. The van der Waals surface area contributed by atoms with Crippen molar-refractivity contribution in [1.29, 1.82) is 0 Å².